The average molecular weight is 424 g/mol. The first-order valence-electron chi connectivity index (χ1n) is 9.74. The van der Waals surface area contributed by atoms with Crippen LogP contribution < -0.4 is 0 Å². The maximum Gasteiger partial charge on any atom is 0.244 e. The molecule has 0 N–H and O–H groups in total. The Bertz CT molecular complexity index is 1010. The molecule has 0 bridgehead atoms. The number of sulfonamides is 1. The van der Waals surface area contributed by atoms with E-state index in [4.69, 9.17) is 4.74 Å². The highest BCUT2D eigenvalue weighted by Crippen LogP contribution is 2.19. The van der Waals surface area contributed by atoms with E-state index in [1.165, 1.54) is 4.31 Å². The zero-order valence-electron chi connectivity index (χ0n) is 17.7. The van der Waals surface area contributed by atoms with Gasteiger partial charge in [0, 0.05) is 6.54 Å². The zero-order chi connectivity index (χ0) is 22.0. The van der Waals surface area contributed by atoms with E-state index in [1.807, 2.05) is 44.2 Å². The number of ether oxygens (including phenoxy) is 1. The van der Waals surface area contributed by atoms with Crippen LogP contribution in [0.4, 0.5) is 0 Å². The summed E-state index contributed by atoms with van der Waals surface area (Å²) in [5, 5.41) is 0. The molecule has 2 aromatic rings. The van der Waals surface area contributed by atoms with Crippen molar-refractivity contribution in [2.24, 2.45) is 0 Å². The Morgan fingerprint density at radius 1 is 1.03 bits per heavy atom. The first kappa shape index (κ1) is 23.6. The van der Waals surface area contributed by atoms with Gasteiger partial charge in [-0.25, -0.2) is 8.42 Å². The molecule has 158 valence electrons. The lowest BCUT2D eigenvalue weighted by Crippen LogP contribution is -2.33. The summed E-state index contributed by atoms with van der Waals surface area (Å²) in [5.74, 6) is 5.83. The number of nitrogens with zero attached hydrogens (tertiary/aromatic N) is 1. The first-order chi connectivity index (χ1) is 14.3. The van der Waals surface area contributed by atoms with E-state index >= 15 is 0 Å². The molecule has 4 nitrogen and oxygen atoms in total. The molecule has 0 aliphatic rings. The third kappa shape index (κ3) is 7.64. The monoisotopic (exact) mass is 423 g/mol. The smallest absolute Gasteiger partial charge is 0.244 e. The van der Waals surface area contributed by atoms with Gasteiger partial charge in [-0.15, -0.1) is 0 Å². The lowest BCUT2D eigenvalue weighted by molar-refractivity contribution is 0.153. The highest BCUT2D eigenvalue weighted by Gasteiger charge is 2.24. The van der Waals surface area contributed by atoms with Crippen LogP contribution >= 0.6 is 0 Å². The van der Waals surface area contributed by atoms with Crippen LogP contribution in [0.5, 0.6) is 0 Å². The molecule has 0 aromatic heterocycles. The van der Waals surface area contributed by atoms with Crippen LogP contribution in [0.25, 0.3) is 0 Å². The Labute approximate surface area is 180 Å². The van der Waals surface area contributed by atoms with Crippen molar-refractivity contribution in [1.82, 2.24) is 4.31 Å². The SMILES string of the molecule is C=C(C)CC(=C)CN(CC#CCOCc1ccccc1)S(=O)(=O)c1ccc(C)cc1. The number of aryl methyl sites for hydroxylation is 1. The molecular formula is C25H29NO3S. The normalized spacial score (nSPS) is 11.0. The highest BCUT2D eigenvalue weighted by molar-refractivity contribution is 7.89. The molecule has 0 atom stereocenters. The van der Waals surface area contributed by atoms with E-state index in [-0.39, 0.29) is 24.6 Å². The molecular weight excluding hydrogens is 394 g/mol. The molecule has 5 heteroatoms. The van der Waals surface area contributed by atoms with Crippen LogP contribution in [0.3, 0.4) is 0 Å². The number of allylic oxidation sites excluding steroid dienone is 1. The van der Waals surface area contributed by atoms with Gasteiger partial charge in [0.1, 0.15) is 6.61 Å². The average Bonchev–Trinajstić information content (AvgIpc) is 2.70. The van der Waals surface area contributed by atoms with Gasteiger partial charge in [0.25, 0.3) is 0 Å². The molecule has 0 aliphatic heterocycles. The van der Waals surface area contributed by atoms with E-state index in [0.29, 0.717) is 13.0 Å². The summed E-state index contributed by atoms with van der Waals surface area (Å²) in [4.78, 5) is 0.248. The summed E-state index contributed by atoms with van der Waals surface area (Å²) < 4.78 is 33.2. The van der Waals surface area contributed by atoms with Crippen molar-refractivity contribution in [3.63, 3.8) is 0 Å². The second-order valence-corrected chi connectivity index (χ2v) is 9.24. The minimum Gasteiger partial charge on any atom is -0.364 e. The summed E-state index contributed by atoms with van der Waals surface area (Å²) >= 11 is 0. The minimum absolute atomic E-state index is 0.0696. The first-order valence-corrected chi connectivity index (χ1v) is 11.2. The van der Waals surface area contributed by atoms with Crippen LogP contribution in [0.1, 0.15) is 24.5 Å². The fraction of sp³-hybridized carbons (Fsp3) is 0.280. The fourth-order valence-electron chi connectivity index (χ4n) is 2.81. The van der Waals surface area contributed by atoms with E-state index in [0.717, 1.165) is 22.3 Å². The predicted molar refractivity (Wildman–Crippen MR) is 122 cm³/mol. The number of hydrogen-bond donors (Lipinski definition) is 0. The second kappa shape index (κ2) is 11.5. The molecule has 30 heavy (non-hydrogen) atoms. The summed E-state index contributed by atoms with van der Waals surface area (Å²) in [6.45, 7) is 12.7. The number of benzene rings is 2. The molecule has 0 spiro atoms. The molecule has 0 heterocycles. The fourth-order valence-corrected chi connectivity index (χ4v) is 4.17. The second-order valence-electron chi connectivity index (χ2n) is 7.30. The van der Waals surface area contributed by atoms with Gasteiger partial charge < -0.3 is 4.74 Å². The zero-order valence-corrected chi connectivity index (χ0v) is 18.5. The Balaban J connectivity index is 2.05. The van der Waals surface area contributed by atoms with Crippen molar-refractivity contribution in [3.8, 4) is 11.8 Å². The van der Waals surface area contributed by atoms with Crippen LogP contribution in [0, 0.1) is 18.8 Å². The summed E-state index contributed by atoms with van der Waals surface area (Å²) in [6, 6.07) is 16.6. The lowest BCUT2D eigenvalue weighted by atomic mass is 10.1. The van der Waals surface area contributed by atoms with E-state index in [9.17, 15) is 8.42 Å². The number of hydrogen-bond acceptors (Lipinski definition) is 3. The quantitative estimate of drug-likeness (QED) is 0.315. The van der Waals surface area contributed by atoms with E-state index in [1.54, 1.807) is 24.3 Å². The van der Waals surface area contributed by atoms with E-state index in [2.05, 4.69) is 25.0 Å². The molecule has 0 saturated carbocycles. The maximum absolute atomic E-state index is 13.1. The largest absolute Gasteiger partial charge is 0.364 e. The van der Waals surface area contributed by atoms with Crippen molar-refractivity contribution in [2.45, 2.75) is 31.8 Å². The van der Waals surface area contributed by atoms with Crippen molar-refractivity contribution >= 4 is 10.0 Å². The molecule has 0 aliphatic carbocycles. The van der Waals surface area contributed by atoms with E-state index < -0.39 is 10.0 Å². The third-order valence-electron chi connectivity index (χ3n) is 4.28. The van der Waals surface area contributed by atoms with Gasteiger partial charge in [-0.05, 0) is 38.0 Å². The van der Waals surface area contributed by atoms with Crippen molar-refractivity contribution < 1.29 is 13.2 Å². The summed E-state index contributed by atoms with van der Waals surface area (Å²) in [7, 11) is -3.68. The lowest BCUT2D eigenvalue weighted by Gasteiger charge is -2.21. The van der Waals surface area contributed by atoms with Gasteiger partial charge >= 0.3 is 0 Å². The Hall–Kier alpha value is -2.65. The molecule has 0 amide bonds. The van der Waals surface area contributed by atoms with Crippen LogP contribution in [0.2, 0.25) is 0 Å². The molecule has 0 saturated heterocycles. The topological polar surface area (TPSA) is 46.6 Å². The molecule has 0 unspecified atom stereocenters. The van der Waals surface area contributed by atoms with Crippen LogP contribution in [-0.2, 0) is 21.4 Å². The van der Waals surface area contributed by atoms with Gasteiger partial charge in [-0.2, -0.15) is 4.31 Å². The van der Waals surface area contributed by atoms with Crippen LogP contribution in [-0.4, -0.2) is 32.4 Å². The molecule has 0 radical (unpaired) electrons. The molecule has 0 fully saturated rings. The van der Waals surface area contributed by atoms with Crippen molar-refractivity contribution in [1.29, 1.82) is 0 Å². The maximum atomic E-state index is 13.1. The minimum atomic E-state index is -3.68. The third-order valence-corrected chi connectivity index (χ3v) is 6.08. The Kier molecular flexibility index (Phi) is 9.07. The van der Waals surface area contributed by atoms with Crippen molar-refractivity contribution in [2.75, 3.05) is 19.7 Å². The standard InChI is InChI=1S/C25H29NO3S/c1-21(2)18-23(4)19-26(30(27,28)25-14-12-22(3)13-15-25)16-8-9-17-29-20-24-10-6-5-7-11-24/h5-7,10-15H,1,4,16-20H2,2-3H3. The predicted octanol–water partition coefficient (Wildman–Crippen LogP) is 4.73. The highest BCUT2D eigenvalue weighted by atomic mass is 32.2. The van der Waals surface area contributed by atoms with Gasteiger partial charge in [-0.1, -0.05) is 84.2 Å². The summed E-state index contributed by atoms with van der Waals surface area (Å²) in [6.07, 6.45) is 0.577. The van der Waals surface area contributed by atoms with Gasteiger partial charge in [0.2, 0.25) is 10.0 Å². The Morgan fingerprint density at radius 3 is 2.33 bits per heavy atom. The van der Waals surface area contributed by atoms with Crippen molar-refractivity contribution in [3.05, 3.63) is 90.0 Å². The Morgan fingerprint density at radius 2 is 1.70 bits per heavy atom. The van der Waals surface area contributed by atoms with Gasteiger partial charge in [0.05, 0.1) is 18.0 Å². The summed E-state index contributed by atoms with van der Waals surface area (Å²) in [5.41, 5.74) is 3.79. The van der Waals surface area contributed by atoms with Gasteiger partial charge in [-0.3, -0.25) is 0 Å². The van der Waals surface area contributed by atoms with Crippen LogP contribution in [0.15, 0.2) is 83.8 Å². The van der Waals surface area contributed by atoms with Gasteiger partial charge in [0.15, 0.2) is 0 Å². The molecule has 2 aromatic carbocycles. The molecule has 2 rings (SSSR count). The number of rotatable bonds is 10.